The molecule has 4 heterocycles. The number of hydrogen-bond acceptors (Lipinski definition) is 5. The van der Waals surface area contributed by atoms with Crippen LogP contribution in [-0.2, 0) is 11.3 Å². The van der Waals surface area contributed by atoms with E-state index < -0.39 is 0 Å². The van der Waals surface area contributed by atoms with E-state index in [0.717, 1.165) is 25.1 Å². The summed E-state index contributed by atoms with van der Waals surface area (Å²) in [5.74, 6) is 0.0787. The Balaban J connectivity index is 1.60. The number of aryl methyl sites for hydroxylation is 1. The van der Waals surface area contributed by atoms with Crippen LogP contribution in [0.4, 0.5) is 5.82 Å². The molecule has 1 aromatic carbocycles. The third-order valence-corrected chi connectivity index (χ3v) is 5.54. The second kappa shape index (κ2) is 8.39. The lowest BCUT2D eigenvalue weighted by Crippen LogP contribution is -2.21. The molecule has 1 amide bonds. The molecule has 1 atom stereocenters. The zero-order chi connectivity index (χ0) is 22.1. The first kappa shape index (κ1) is 20.1. The standard InChI is InChI=1S/C24H23N5O3/c1-16-7-5-11-21(25-16)26-23(30)19-14-28(13-18-10-6-12-32-18)15-20-22(19)27-29(24(20)31)17-8-3-2-4-9-17/h2-5,7-9,11,14-15,18H,6,10,12-13H2,1H3,(H,25,26,30)/t18-/m0/s1. The van der Waals surface area contributed by atoms with E-state index >= 15 is 0 Å². The van der Waals surface area contributed by atoms with Gasteiger partial charge in [0, 0.05) is 31.2 Å². The first-order chi connectivity index (χ1) is 15.6. The third-order valence-electron chi connectivity index (χ3n) is 5.54. The molecule has 3 aliphatic heterocycles. The summed E-state index contributed by atoms with van der Waals surface area (Å²) >= 11 is 0. The summed E-state index contributed by atoms with van der Waals surface area (Å²) in [7, 11) is 0. The second-order valence-electron chi connectivity index (χ2n) is 7.94. The number of para-hydroxylation sites is 1. The number of carbonyl (C=O) groups excluding carboxylic acids is 1. The van der Waals surface area contributed by atoms with Crippen LogP contribution in [0, 0.1) is 6.92 Å². The molecule has 5 rings (SSSR count). The smallest absolute Gasteiger partial charge is 0.282 e. The number of ether oxygens (including phenoxy) is 1. The van der Waals surface area contributed by atoms with Gasteiger partial charge in [-0.3, -0.25) is 9.59 Å². The Morgan fingerprint density at radius 3 is 2.75 bits per heavy atom. The average Bonchev–Trinajstić information content (AvgIpc) is 3.42. The molecule has 2 aromatic rings. The molecule has 0 radical (unpaired) electrons. The number of benzene rings is 1. The molecule has 0 saturated carbocycles. The Morgan fingerprint density at radius 2 is 2.00 bits per heavy atom. The Labute approximate surface area is 184 Å². The predicted octanol–water partition coefficient (Wildman–Crippen LogP) is 3.27. The lowest BCUT2D eigenvalue weighted by molar-refractivity contribution is 0.0961. The highest BCUT2D eigenvalue weighted by Crippen LogP contribution is 2.24. The summed E-state index contributed by atoms with van der Waals surface area (Å²) in [6, 6.07) is 14.6. The number of nitrogens with zero attached hydrogens (tertiary/aromatic N) is 4. The summed E-state index contributed by atoms with van der Waals surface area (Å²) in [5, 5.41) is 7.35. The van der Waals surface area contributed by atoms with E-state index in [2.05, 4.69) is 15.4 Å². The summed E-state index contributed by atoms with van der Waals surface area (Å²) in [5.41, 5.74) is 2.23. The van der Waals surface area contributed by atoms with Gasteiger partial charge in [0.25, 0.3) is 11.5 Å². The van der Waals surface area contributed by atoms with Crippen molar-refractivity contribution in [3.8, 4) is 16.9 Å². The quantitative estimate of drug-likeness (QED) is 0.526. The van der Waals surface area contributed by atoms with Crippen LogP contribution in [0.1, 0.15) is 28.9 Å². The van der Waals surface area contributed by atoms with Crippen molar-refractivity contribution in [1.82, 2.24) is 19.3 Å². The first-order valence-electron chi connectivity index (χ1n) is 10.6. The largest absolute Gasteiger partial charge is 0.376 e. The van der Waals surface area contributed by atoms with Crippen molar-refractivity contribution in [3.63, 3.8) is 0 Å². The van der Waals surface area contributed by atoms with Gasteiger partial charge in [0.15, 0.2) is 0 Å². The molecular formula is C24H23N5O3. The molecule has 1 N–H and O–H groups in total. The lowest BCUT2D eigenvalue weighted by Gasteiger charge is -2.16. The zero-order valence-corrected chi connectivity index (χ0v) is 17.7. The SMILES string of the molecule is Cc1cccc(NC(=O)c2cn(C[C@@H]3CCCO3)cc3c(=O)n(-c4ccccc4)nc2-3)n1. The maximum atomic E-state index is 13.2. The Bertz CT molecular complexity index is 1290. The minimum atomic E-state index is -0.368. The molecule has 0 bridgehead atoms. The molecule has 3 aliphatic rings. The normalized spacial score (nSPS) is 15.8. The molecule has 0 unspecified atom stereocenters. The highest BCUT2D eigenvalue weighted by molar-refractivity contribution is 6.07. The number of anilines is 1. The number of hydrogen-bond donors (Lipinski definition) is 1. The first-order valence-corrected chi connectivity index (χ1v) is 10.6. The van der Waals surface area contributed by atoms with Gasteiger partial charge < -0.3 is 14.6 Å². The van der Waals surface area contributed by atoms with Crippen LogP contribution in [0.3, 0.4) is 0 Å². The van der Waals surface area contributed by atoms with Crippen molar-refractivity contribution in [2.75, 3.05) is 11.9 Å². The topological polar surface area (TPSA) is 91.0 Å². The highest BCUT2D eigenvalue weighted by atomic mass is 16.5. The fraction of sp³-hybridized carbons (Fsp3) is 0.250. The molecule has 162 valence electrons. The van der Waals surface area contributed by atoms with Gasteiger partial charge in [-0.1, -0.05) is 24.3 Å². The number of amides is 1. The summed E-state index contributed by atoms with van der Waals surface area (Å²) in [4.78, 5) is 30.8. The molecule has 0 spiro atoms. The van der Waals surface area contributed by atoms with Crippen LogP contribution in [-0.4, -0.2) is 37.9 Å². The average molecular weight is 429 g/mol. The van der Waals surface area contributed by atoms with Crippen molar-refractivity contribution in [3.05, 3.63) is 82.5 Å². The van der Waals surface area contributed by atoms with Crippen LogP contribution in [0.2, 0.25) is 0 Å². The number of aromatic nitrogens is 4. The fourth-order valence-corrected chi connectivity index (χ4v) is 4.00. The molecule has 0 aliphatic carbocycles. The van der Waals surface area contributed by atoms with Crippen LogP contribution >= 0.6 is 0 Å². The van der Waals surface area contributed by atoms with E-state index in [4.69, 9.17) is 4.74 Å². The van der Waals surface area contributed by atoms with Crippen molar-refractivity contribution in [2.24, 2.45) is 0 Å². The summed E-state index contributed by atoms with van der Waals surface area (Å²) in [6.45, 7) is 3.16. The van der Waals surface area contributed by atoms with Gasteiger partial charge in [-0.15, -0.1) is 0 Å². The number of rotatable bonds is 5. The van der Waals surface area contributed by atoms with E-state index in [-0.39, 0.29) is 17.6 Å². The fourth-order valence-electron chi connectivity index (χ4n) is 4.00. The van der Waals surface area contributed by atoms with Crippen LogP contribution in [0.25, 0.3) is 16.9 Å². The van der Waals surface area contributed by atoms with E-state index in [9.17, 15) is 9.59 Å². The Hall–Kier alpha value is -3.78. The molecule has 8 nitrogen and oxygen atoms in total. The van der Waals surface area contributed by atoms with Crippen molar-refractivity contribution < 1.29 is 9.53 Å². The molecule has 1 fully saturated rings. The zero-order valence-electron chi connectivity index (χ0n) is 17.7. The Morgan fingerprint density at radius 1 is 1.16 bits per heavy atom. The van der Waals surface area contributed by atoms with Gasteiger partial charge in [0.05, 0.1) is 22.9 Å². The van der Waals surface area contributed by atoms with E-state index in [1.165, 1.54) is 4.68 Å². The predicted molar refractivity (Wildman–Crippen MR) is 120 cm³/mol. The van der Waals surface area contributed by atoms with Crippen molar-refractivity contribution in [2.45, 2.75) is 32.4 Å². The number of fused-ring (bicyclic) bond motifs is 1. The number of nitrogens with one attached hydrogen (secondary N) is 1. The molecule has 32 heavy (non-hydrogen) atoms. The maximum absolute atomic E-state index is 13.2. The van der Waals surface area contributed by atoms with Gasteiger partial charge >= 0.3 is 0 Å². The van der Waals surface area contributed by atoms with Gasteiger partial charge in [0.2, 0.25) is 0 Å². The Kier molecular flexibility index (Phi) is 5.28. The van der Waals surface area contributed by atoms with Crippen LogP contribution < -0.4 is 10.9 Å². The lowest BCUT2D eigenvalue weighted by atomic mass is 10.1. The third kappa shape index (κ3) is 3.92. The van der Waals surface area contributed by atoms with Gasteiger partial charge in [-0.05, 0) is 44.0 Å². The van der Waals surface area contributed by atoms with Crippen molar-refractivity contribution >= 4 is 11.7 Å². The maximum Gasteiger partial charge on any atom is 0.282 e. The van der Waals surface area contributed by atoms with E-state index in [1.807, 2.05) is 54.0 Å². The molecule has 8 heteroatoms. The monoisotopic (exact) mass is 429 g/mol. The summed E-state index contributed by atoms with van der Waals surface area (Å²) in [6.07, 6.45) is 5.52. The van der Waals surface area contributed by atoms with Crippen LogP contribution in [0.5, 0.6) is 0 Å². The van der Waals surface area contributed by atoms with Gasteiger partial charge in [0.1, 0.15) is 11.5 Å². The highest BCUT2D eigenvalue weighted by Gasteiger charge is 2.26. The molecular weight excluding hydrogens is 406 g/mol. The number of pyridine rings is 2. The van der Waals surface area contributed by atoms with Crippen molar-refractivity contribution in [1.29, 1.82) is 0 Å². The minimum Gasteiger partial charge on any atom is -0.376 e. The summed E-state index contributed by atoms with van der Waals surface area (Å²) < 4.78 is 8.95. The van der Waals surface area contributed by atoms with E-state index in [1.54, 1.807) is 18.5 Å². The van der Waals surface area contributed by atoms with E-state index in [0.29, 0.717) is 34.9 Å². The van der Waals surface area contributed by atoms with Gasteiger partial charge in [-0.2, -0.15) is 9.78 Å². The molecule has 1 aromatic heterocycles. The van der Waals surface area contributed by atoms with Crippen LogP contribution in [0.15, 0.2) is 65.7 Å². The minimum absolute atomic E-state index is 0.0612. The second-order valence-corrected chi connectivity index (χ2v) is 7.94. The molecule has 1 saturated heterocycles. The van der Waals surface area contributed by atoms with Gasteiger partial charge in [-0.25, -0.2) is 4.98 Å². The number of carbonyl (C=O) groups is 1.